The van der Waals surface area contributed by atoms with Gasteiger partial charge in [0.25, 0.3) is 0 Å². The summed E-state index contributed by atoms with van der Waals surface area (Å²) in [4.78, 5) is 4.51. The highest BCUT2D eigenvalue weighted by Crippen LogP contribution is 2.26. The molecule has 1 unspecified atom stereocenters. The molecular weight excluding hydrogens is 234 g/mol. The predicted molar refractivity (Wildman–Crippen MR) is 78.2 cm³/mol. The van der Waals surface area contributed by atoms with Gasteiger partial charge in [0.2, 0.25) is 5.89 Å². The highest BCUT2D eigenvalue weighted by molar-refractivity contribution is 5.75. The number of fused-ring (bicyclic) bond motifs is 1. The zero-order valence-corrected chi connectivity index (χ0v) is 11.3. The molecule has 1 aromatic heterocycles. The first-order chi connectivity index (χ1) is 9.28. The number of aromatic nitrogens is 1. The smallest absolute Gasteiger partial charge is 0.227 e. The lowest BCUT2D eigenvalue weighted by molar-refractivity contribution is 0.619. The normalized spacial score (nSPS) is 12.7. The van der Waals surface area contributed by atoms with Gasteiger partial charge in [0.05, 0.1) is 0 Å². The third-order valence-corrected chi connectivity index (χ3v) is 3.63. The summed E-state index contributed by atoms with van der Waals surface area (Å²) in [6, 6.07) is 16.4. The molecule has 0 saturated heterocycles. The third kappa shape index (κ3) is 2.26. The number of para-hydroxylation sites is 2. The maximum Gasteiger partial charge on any atom is 0.227 e. The quantitative estimate of drug-likeness (QED) is 0.654. The van der Waals surface area contributed by atoms with Crippen LogP contribution in [-0.2, 0) is 0 Å². The summed E-state index contributed by atoms with van der Waals surface area (Å²) in [6.07, 6.45) is 1.15. The van der Waals surface area contributed by atoms with E-state index in [4.69, 9.17) is 4.42 Å². The van der Waals surface area contributed by atoms with E-state index in [0.29, 0.717) is 11.8 Å². The molecule has 0 aliphatic carbocycles. The maximum absolute atomic E-state index is 5.77. The van der Waals surface area contributed by atoms with Crippen molar-refractivity contribution >= 4 is 11.1 Å². The average Bonchev–Trinajstić information content (AvgIpc) is 2.90. The molecule has 0 aliphatic heterocycles. The van der Waals surface area contributed by atoms with Gasteiger partial charge >= 0.3 is 0 Å². The fourth-order valence-corrected chi connectivity index (χ4v) is 2.19. The molecule has 0 fully saturated rings. The second-order valence-corrected chi connectivity index (χ2v) is 4.92. The van der Waals surface area contributed by atoms with Crippen molar-refractivity contribution in [3.05, 3.63) is 54.1 Å². The van der Waals surface area contributed by atoms with Crippen LogP contribution in [0.3, 0.4) is 0 Å². The molecule has 0 radical (unpaired) electrons. The standard InChI is InChI=1S/C17H17NO/c1-3-12(2)13-8-10-14(11-9-13)17-18-15-6-4-5-7-16(15)19-17/h4-12H,3H2,1-2H3. The summed E-state index contributed by atoms with van der Waals surface area (Å²) >= 11 is 0. The van der Waals surface area contributed by atoms with E-state index in [1.807, 2.05) is 24.3 Å². The molecule has 2 nitrogen and oxygen atoms in total. The van der Waals surface area contributed by atoms with Crippen LogP contribution >= 0.6 is 0 Å². The Morgan fingerprint density at radius 2 is 1.79 bits per heavy atom. The maximum atomic E-state index is 5.77. The second kappa shape index (κ2) is 4.88. The topological polar surface area (TPSA) is 26.0 Å². The molecule has 1 heterocycles. The van der Waals surface area contributed by atoms with Crippen molar-refractivity contribution in [1.29, 1.82) is 0 Å². The van der Waals surface area contributed by atoms with Crippen molar-refractivity contribution in [2.75, 3.05) is 0 Å². The molecular formula is C17H17NO. The first-order valence-corrected chi connectivity index (χ1v) is 6.74. The second-order valence-electron chi connectivity index (χ2n) is 4.92. The van der Waals surface area contributed by atoms with Gasteiger partial charge in [0.1, 0.15) is 5.52 Å². The van der Waals surface area contributed by atoms with Crippen molar-refractivity contribution in [2.24, 2.45) is 0 Å². The van der Waals surface area contributed by atoms with Crippen LogP contribution in [0.2, 0.25) is 0 Å². The van der Waals surface area contributed by atoms with Gasteiger partial charge in [-0.2, -0.15) is 0 Å². The highest BCUT2D eigenvalue weighted by Gasteiger charge is 2.08. The summed E-state index contributed by atoms with van der Waals surface area (Å²) in [5.41, 5.74) is 4.14. The molecule has 0 N–H and O–H groups in total. The van der Waals surface area contributed by atoms with Crippen LogP contribution in [0.1, 0.15) is 31.7 Å². The zero-order chi connectivity index (χ0) is 13.2. The van der Waals surface area contributed by atoms with Crippen LogP contribution in [-0.4, -0.2) is 4.98 Å². The Bertz CT molecular complexity index is 649. The number of oxazole rings is 1. The van der Waals surface area contributed by atoms with Gasteiger partial charge in [-0.1, -0.05) is 38.1 Å². The molecule has 0 aliphatic rings. The number of hydrogen-bond donors (Lipinski definition) is 0. The molecule has 19 heavy (non-hydrogen) atoms. The van der Waals surface area contributed by atoms with Crippen LogP contribution in [0.5, 0.6) is 0 Å². The van der Waals surface area contributed by atoms with Crippen LogP contribution in [0.15, 0.2) is 52.9 Å². The van der Waals surface area contributed by atoms with E-state index in [-0.39, 0.29) is 0 Å². The Labute approximate surface area is 113 Å². The van der Waals surface area contributed by atoms with Gasteiger partial charge in [-0.15, -0.1) is 0 Å². The van der Waals surface area contributed by atoms with Gasteiger partial charge in [-0.05, 0) is 42.2 Å². The van der Waals surface area contributed by atoms with Gasteiger partial charge in [0.15, 0.2) is 5.58 Å². The van der Waals surface area contributed by atoms with E-state index in [9.17, 15) is 0 Å². The lowest BCUT2D eigenvalue weighted by Gasteiger charge is -2.08. The first-order valence-electron chi connectivity index (χ1n) is 6.74. The lowest BCUT2D eigenvalue weighted by atomic mass is 9.98. The Kier molecular flexibility index (Phi) is 3.08. The molecule has 0 amide bonds. The van der Waals surface area contributed by atoms with Crippen LogP contribution in [0, 0.1) is 0 Å². The minimum absolute atomic E-state index is 0.595. The van der Waals surface area contributed by atoms with E-state index >= 15 is 0 Å². The summed E-state index contributed by atoms with van der Waals surface area (Å²) in [6.45, 7) is 4.45. The molecule has 2 aromatic carbocycles. The Hall–Kier alpha value is -2.09. The molecule has 1 atom stereocenters. The molecule has 0 saturated carbocycles. The summed E-state index contributed by atoms with van der Waals surface area (Å²) < 4.78 is 5.77. The number of hydrogen-bond acceptors (Lipinski definition) is 2. The molecule has 96 valence electrons. The minimum Gasteiger partial charge on any atom is -0.436 e. The number of nitrogens with zero attached hydrogens (tertiary/aromatic N) is 1. The van der Waals surface area contributed by atoms with Crippen molar-refractivity contribution in [3.8, 4) is 11.5 Å². The number of benzene rings is 2. The van der Waals surface area contributed by atoms with Gasteiger partial charge < -0.3 is 4.42 Å². The van der Waals surface area contributed by atoms with Gasteiger partial charge in [-0.25, -0.2) is 4.98 Å². The van der Waals surface area contributed by atoms with E-state index in [2.05, 4.69) is 43.1 Å². The van der Waals surface area contributed by atoms with E-state index in [1.54, 1.807) is 0 Å². The van der Waals surface area contributed by atoms with Crippen LogP contribution in [0.4, 0.5) is 0 Å². The molecule has 3 aromatic rings. The molecule has 0 bridgehead atoms. The highest BCUT2D eigenvalue weighted by atomic mass is 16.3. The largest absolute Gasteiger partial charge is 0.436 e. The summed E-state index contributed by atoms with van der Waals surface area (Å²) in [5.74, 6) is 1.29. The molecule has 2 heteroatoms. The lowest BCUT2D eigenvalue weighted by Crippen LogP contribution is -1.90. The average molecular weight is 251 g/mol. The Morgan fingerprint density at radius 1 is 1.05 bits per heavy atom. The van der Waals surface area contributed by atoms with E-state index in [0.717, 1.165) is 23.1 Å². The third-order valence-electron chi connectivity index (χ3n) is 3.63. The monoisotopic (exact) mass is 251 g/mol. The zero-order valence-electron chi connectivity index (χ0n) is 11.3. The SMILES string of the molecule is CCC(C)c1ccc(-c2nc3ccccc3o2)cc1. The Balaban J connectivity index is 1.97. The Morgan fingerprint density at radius 3 is 2.47 bits per heavy atom. The van der Waals surface area contributed by atoms with E-state index < -0.39 is 0 Å². The van der Waals surface area contributed by atoms with Gasteiger partial charge in [0, 0.05) is 5.56 Å². The molecule has 0 spiro atoms. The van der Waals surface area contributed by atoms with Crippen molar-refractivity contribution in [1.82, 2.24) is 4.98 Å². The molecule has 3 rings (SSSR count). The van der Waals surface area contributed by atoms with Crippen molar-refractivity contribution in [3.63, 3.8) is 0 Å². The fourth-order valence-electron chi connectivity index (χ4n) is 2.19. The van der Waals surface area contributed by atoms with E-state index in [1.165, 1.54) is 5.56 Å². The first kappa shape index (κ1) is 12.0. The summed E-state index contributed by atoms with van der Waals surface area (Å²) in [5, 5.41) is 0. The van der Waals surface area contributed by atoms with Crippen molar-refractivity contribution < 1.29 is 4.42 Å². The number of rotatable bonds is 3. The van der Waals surface area contributed by atoms with Crippen LogP contribution < -0.4 is 0 Å². The minimum atomic E-state index is 0.595. The predicted octanol–water partition coefficient (Wildman–Crippen LogP) is 5.01. The van der Waals surface area contributed by atoms with Gasteiger partial charge in [-0.3, -0.25) is 0 Å². The fraction of sp³-hybridized carbons (Fsp3) is 0.235. The van der Waals surface area contributed by atoms with Crippen LogP contribution in [0.25, 0.3) is 22.6 Å². The summed E-state index contributed by atoms with van der Waals surface area (Å²) in [7, 11) is 0. The van der Waals surface area contributed by atoms with Crippen molar-refractivity contribution in [2.45, 2.75) is 26.2 Å².